The van der Waals surface area contributed by atoms with Crippen LogP contribution in [-0.4, -0.2) is 62.0 Å². The molecule has 7 heteroatoms. The van der Waals surface area contributed by atoms with E-state index in [1.165, 1.54) is 20.0 Å². The van der Waals surface area contributed by atoms with E-state index in [1.54, 1.807) is 30.1 Å². The van der Waals surface area contributed by atoms with Crippen molar-refractivity contribution in [2.75, 3.05) is 45.7 Å². The second-order valence-corrected chi connectivity index (χ2v) is 7.28. The summed E-state index contributed by atoms with van der Waals surface area (Å²) in [6, 6.07) is 5.04. The molecule has 0 unspecified atom stereocenters. The number of nitrogens with zero attached hydrogens (tertiary/aromatic N) is 2. The molecule has 1 aliphatic rings. The largest absolute Gasteiger partial charge is 0.495 e. The van der Waals surface area contributed by atoms with Gasteiger partial charge in [-0.05, 0) is 50.4 Å². The Morgan fingerprint density at radius 2 is 2.04 bits per heavy atom. The lowest BCUT2D eigenvalue weighted by molar-refractivity contribution is -0.132. The van der Waals surface area contributed by atoms with Gasteiger partial charge in [-0.3, -0.25) is 14.5 Å². The third-order valence-electron chi connectivity index (χ3n) is 4.28. The van der Waals surface area contributed by atoms with Crippen LogP contribution in [0.4, 0.5) is 5.69 Å². The minimum Gasteiger partial charge on any atom is -0.495 e. The lowest BCUT2D eigenvalue weighted by Crippen LogP contribution is -2.42. The zero-order valence-corrected chi connectivity index (χ0v) is 16.5. The third kappa shape index (κ3) is 6.50. The number of benzene rings is 1. The lowest BCUT2D eigenvalue weighted by atomic mass is 10.3. The van der Waals surface area contributed by atoms with Crippen LogP contribution in [0.25, 0.3) is 0 Å². The van der Waals surface area contributed by atoms with Gasteiger partial charge < -0.3 is 15.0 Å². The molecule has 0 atom stereocenters. The highest BCUT2D eigenvalue weighted by Gasteiger charge is 2.26. The zero-order chi connectivity index (χ0) is 19.1. The molecule has 0 saturated heterocycles. The second kappa shape index (κ2) is 9.78. The van der Waals surface area contributed by atoms with Gasteiger partial charge in [0.15, 0.2) is 0 Å². The van der Waals surface area contributed by atoms with Crippen molar-refractivity contribution in [1.82, 2.24) is 9.80 Å². The first-order chi connectivity index (χ1) is 12.4. The summed E-state index contributed by atoms with van der Waals surface area (Å²) in [5.41, 5.74) is 0.520. The van der Waals surface area contributed by atoms with Gasteiger partial charge in [0.05, 0.1) is 25.9 Å². The van der Waals surface area contributed by atoms with Crippen LogP contribution >= 0.6 is 11.6 Å². The van der Waals surface area contributed by atoms with E-state index in [4.69, 9.17) is 16.3 Å². The normalized spacial score (nSPS) is 13.6. The van der Waals surface area contributed by atoms with Gasteiger partial charge in [-0.1, -0.05) is 18.5 Å². The van der Waals surface area contributed by atoms with E-state index < -0.39 is 0 Å². The van der Waals surface area contributed by atoms with Crippen molar-refractivity contribution in [1.29, 1.82) is 0 Å². The Balaban J connectivity index is 1.85. The van der Waals surface area contributed by atoms with Crippen LogP contribution in [0.2, 0.25) is 5.02 Å². The maximum atomic E-state index is 12.5. The highest BCUT2D eigenvalue weighted by molar-refractivity contribution is 6.31. The molecule has 1 fully saturated rings. The maximum absolute atomic E-state index is 12.5. The maximum Gasteiger partial charge on any atom is 0.238 e. The Morgan fingerprint density at radius 3 is 2.65 bits per heavy atom. The predicted octanol–water partition coefficient (Wildman–Crippen LogP) is 2.87. The molecule has 1 saturated carbocycles. The summed E-state index contributed by atoms with van der Waals surface area (Å²) in [5, 5.41) is 3.30. The van der Waals surface area contributed by atoms with Crippen molar-refractivity contribution >= 4 is 29.1 Å². The third-order valence-corrected chi connectivity index (χ3v) is 4.51. The molecular weight excluding hydrogens is 354 g/mol. The molecule has 0 spiro atoms. The molecule has 0 heterocycles. The van der Waals surface area contributed by atoms with Crippen molar-refractivity contribution in [3.05, 3.63) is 23.2 Å². The average molecular weight is 382 g/mol. The summed E-state index contributed by atoms with van der Waals surface area (Å²) in [4.78, 5) is 28.4. The van der Waals surface area contributed by atoms with Gasteiger partial charge in [-0.2, -0.15) is 0 Å². The van der Waals surface area contributed by atoms with Gasteiger partial charge in [0.2, 0.25) is 11.8 Å². The number of ether oxygens (including phenoxy) is 1. The Kier molecular flexibility index (Phi) is 7.72. The molecule has 1 aliphatic carbocycles. The van der Waals surface area contributed by atoms with Crippen LogP contribution in [0.15, 0.2) is 18.2 Å². The first-order valence-electron chi connectivity index (χ1n) is 9.02. The van der Waals surface area contributed by atoms with Gasteiger partial charge in [-0.25, -0.2) is 0 Å². The highest BCUT2D eigenvalue weighted by Crippen LogP contribution is 2.30. The fraction of sp³-hybridized carbons (Fsp3) is 0.579. The van der Waals surface area contributed by atoms with Crippen LogP contribution in [0, 0.1) is 5.92 Å². The number of nitrogens with one attached hydrogen (secondary N) is 1. The summed E-state index contributed by atoms with van der Waals surface area (Å²) in [6.45, 7) is 4.03. The molecular formula is C19H28ClN3O3. The van der Waals surface area contributed by atoms with Crippen LogP contribution in [0.3, 0.4) is 0 Å². The first kappa shape index (κ1) is 20.5. The van der Waals surface area contributed by atoms with E-state index >= 15 is 0 Å². The Labute approximate surface area is 160 Å². The number of likely N-dealkylation sites (N-methyl/N-ethyl adjacent to an activating group) is 1. The lowest BCUT2D eigenvalue weighted by Gasteiger charge is -2.25. The first-order valence-corrected chi connectivity index (χ1v) is 9.40. The van der Waals surface area contributed by atoms with Gasteiger partial charge in [0.25, 0.3) is 0 Å². The van der Waals surface area contributed by atoms with E-state index in [-0.39, 0.29) is 24.9 Å². The summed E-state index contributed by atoms with van der Waals surface area (Å²) in [6.07, 6.45) is 3.37. The van der Waals surface area contributed by atoms with E-state index in [1.807, 2.05) is 4.90 Å². The van der Waals surface area contributed by atoms with E-state index in [9.17, 15) is 9.59 Å². The molecule has 144 valence electrons. The standard InChI is InChI=1S/C19H28ClN3O3/c1-4-9-23(11-14-5-6-14)19(25)13-22(2)12-18(24)21-16-10-15(20)7-8-17(16)26-3/h7-8,10,14H,4-6,9,11-13H2,1-3H3,(H,21,24). The molecule has 1 aromatic carbocycles. The Bertz CT molecular complexity index is 634. The van der Waals surface area contributed by atoms with Crippen molar-refractivity contribution in [3.8, 4) is 5.75 Å². The molecule has 0 aromatic heterocycles. The molecule has 1 aromatic rings. The monoisotopic (exact) mass is 381 g/mol. The molecule has 26 heavy (non-hydrogen) atoms. The van der Waals surface area contributed by atoms with Crippen molar-refractivity contribution in [2.45, 2.75) is 26.2 Å². The molecule has 0 aliphatic heterocycles. The number of rotatable bonds is 10. The van der Waals surface area contributed by atoms with Crippen molar-refractivity contribution in [2.24, 2.45) is 5.92 Å². The number of hydrogen-bond acceptors (Lipinski definition) is 4. The summed E-state index contributed by atoms with van der Waals surface area (Å²) >= 11 is 5.98. The van der Waals surface area contributed by atoms with Gasteiger partial charge >= 0.3 is 0 Å². The molecule has 0 radical (unpaired) electrons. The summed E-state index contributed by atoms with van der Waals surface area (Å²) in [5.74, 6) is 1.06. The quantitative estimate of drug-likeness (QED) is 0.677. The minimum atomic E-state index is -0.217. The highest BCUT2D eigenvalue weighted by atomic mass is 35.5. The van der Waals surface area contributed by atoms with Crippen molar-refractivity contribution < 1.29 is 14.3 Å². The van der Waals surface area contributed by atoms with E-state index in [0.717, 1.165) is 19.5 Å². The van der Waals surface area contributed by atoms with Gasteiger partial charge in [0.1, 0.15) is 5.75 Å². The van der Waals surface area contributed by atoms with E-state index in [2.05, 4.69) is 12.2 Å². The molecule has 6 nitrogen and oxygen atoms in total. The predicted molar refractivity (Wildman–Crippen MR) is 104 cm³/mol. The Hall–Kier alpha value is -1.79. The topological polar surface area (TPSA) is 61.9 Å². The van der Waals surface area contributed by atoms with Crippen LogP contribution in [0.1, 0.15) is 26.2 Å². The fourth-order valence-corrected chi connectivity index (χ4v) is 2.97. The zero-order valence-electron chi connectivity index (χ0n) is 15.8. The van der Waals surface area contributed by atoms with Crippen LogP contribution in [0.5, 0.6) is 5.75 Å². The fourth-order valence-electron chi connectivity index (χ4n) is 2.80. The number of carbonyl (C=O) groups excluding carboxylic acids is 2. The minimum absolute atomic E-state index is 0.0781. The molecule has 1 N–H and O–H groups in total. The smallest absolute Gasteiger partial charge is 0.238 e. The van der Waals surface area contributed by atoms with Crippen LogP contribution < -0.4 is 10.1 Å². The number of hydrogen-bond donors (Lipinski definition) is 1. The number of anilines is 1. The molecule has 0 bridgehead atoms. The molecule has 2 rings (SSSR count). The second-order valence-electron chi connectivity index (χ2n) is 6.85. The molecule has 2 amide bonds. The van der Waals surface area contributed by atoms with Gasteiger partial charge in [0, 0.05) is 18.1 Å². The number of carbonyl (C=O) groups is 2. The summed E-state index contributed by atoms with van der Waals surface area (Å²) < 4.78 is 5.22. The number of halogens is 1. The summed E-state index contributed by atoms with van der Waals surface area (Å²) in [7, 11) is 3.31. The average Bonchev–Trinajstić information content (AvgIpc) is 3.38. The Morgan fingerprint density at radius 1 is 1.31 bits per heavy atom. The van der Waals surface area contributed by atoms with Crippen LogP contribution in [-0.2, 0) is 9.59 Å². The number of amides is 2. The number of methoxy groups -OCH3 is 1. The van der Waals surface area contributed by atoms with E-state index in [0.29, 0.717) is 22.4 Å². The SMILES string of the molecule is CCCN(CC1CC1)C(=O)CN(C)CC(=O)Nc1cc(Cl)ccc1OC. The van der Waals surface area contributed by atoms with Gasteiger partial charge in [-0.15, -0.1) is 0 Å². The van der Waals surface area contributed by atoms with Crippen molar-refractivity contribution in [3.63, 3.8) is 0 Å².